The third-order valence-electron chi connectivity index (χ3n) is 2.34. The summed E-state index contributed by atoms with van der Waals surface area (Å²) in [6.07, 6.45) is 1.21. The highest BCUT2D eigenvalue weighted by Crippen LogP contribution is 2.25. The van der Waals surface area contributed by atoms with Gasteiger partial charge in [0.05, 0.1) is 0 Å². The Balaban J connectivity index is 2.72. The molecule has 1 fully saturated rings. The van der Waals surface area contributed by atoms with Gasteiger partial charge >= 0.3 is 0 Å². The molecule has 11 heavy (non-hydrogen) atoms. The maximum Gasteiger partial charge on any atom is 0.200 e. The highest BCUT2D eigenvalue weighted by atomic mass is 16.2. The van der Waals surface area contributed by atoms with Crippen molar-refractivity contribution < 1.29 is 9.59 Å². The Kier molecular flexibility index (Phi) is 2.09. The molecule has 0 amide bonds. The molecule has 0 aromatic heterocycles. The van der Waals surface area contributed by atoms with Gasteiger partial charge in [0, 0.05) is 11.5 Å². The molecule has 1 aliphatic rings. The van der Waals surface area contributed by atoms with Gasteiger partial charge < -0.3 is 5.32 Å². The lowest BCUT2D eigenvalue weighted by Gasteiger charge is -2.23. The van der Waals surface area contributed by atoms with Crippen molar-refractivity contribution in [2.45, 2.75) is 25.8 Å². The van der Waals surface area contributed by atoms with Gasteiger partial charge in [0.1, 0.15) is 0 Å². The molecule has 0 bridgehead atoms. The van der Waals surface area contributed by atoms with Gasteiger partial charge in [-0.15, -0.1) is 0 Å². The second kappa shape index (κ2) is 2.74. The number of Topliss-reactive ketones (excluding diaryl/α,β-unsaturated/α-hetero) is 1. The Morgan fingerprint density at radius 1 is 1.64 bits per heavy atom. The number of hydrogen-bond acceptors (Lipinski definition) is 3. The van der Waals surface area contributed by atoms with Gasteiger partial charge in [-0.1, -0.05) is 0 Å². The number of aldehydes is 1. The first-order chi connectivity index (χ1) is 5.08. The summed E-state index contributed by atoms with van der Waals surface area (Å²) in [4.78, 5) is 21.2. The molecule has 1 aliphatic heterocycles. The first-order valence-corrected chi connectivity index (χ1v) is 3.82. The van der Waals surface area contributed by atoms with Crippen LogP contribution in [0, 0.1) is 5.92 Å². The van der Waals surface area contributed by atoms with Crippen LogP contribution in [0.5, 0.6) is 0 Å². The lowest BCUT2D eigenvalue weighted by Crippen LogP contribution is -2.41. The molecular weight excluding hydrogens is 142 g/mol. The molecule has 0 aliphatic carbocycles. The van der Waals surface area contributed by atoms with E-state index in [1.807, 2.05) is 13.8 Å². The van der Waals surface area contributed by atoms with Gasteiger partial charge in [-0.25, -0.2) is 0 Å². The maximum absolute atomic E-state index is 11.0. The summed E-state index contributed by atoms with van der Waals surface area (Å²) in [6.45, 7) is 4.73. The zero-order valence-electron chi connectivity index (χ0n) is 6.89. The SMILES string of the molecule is CC1(C)NCCC1C(=O)C=O. The van der Waals surface area contributed by atoms with E-state index < -0.39 is 0 Å². The van der Waals surface area contributed by atoms with E-state index in [0.717, 1.165) is 13.0 Å². The molecule has 3 nitrogen and oxygen atoms in total. The van der Waals surface area contributed by atoms with Crippen LogP contribution in [-0.2, 0) is 9.59 Å². The molecular formula is C8H13NO2. The quantitative estimate of drug-likeness (QED) is 0.456. The van der Waals surface area contributed by atoms with Crippen molar-refractivity contribution in [3.63, 3.8) is 0 Å². The summed E-state index contributed by atoms with van der Waals surface area (Å²) >= 11 is 0. The predicted molar refractivity (Wildman–Crippen MR) is 41.3 cm³/mol. The van der Waals surface area contributed by atoms with Crippen molar-refractivity contribution in [3.05, 3.63) is 0 Å². The first-order valence-electron chi connectivity index (χ1n) is 3.82. The Morgan fingerprint density at radius 2 is 2.27 bits per heavy atom. The van der Waals surface area contributed by atoms with Gasteiger partial charge in [-0.05, 0) is 26.8 Å². The van der Waals surface area contributed by atoms with Crippen LogP contribution in [0.1, 0.15) is 20.3 Å². The molecule has 3 heteroatoms. The molecule has 0 aromatic rings. The van der Waals surface area contributed by atoms with Crippen LogP contribution in [0.25, 0.3) is 0 Å². The summed E-state index contributed by atoms with van der Waals surface area (Å²) in [5, 5.41) is 3.18. The van der Waals surface area contributed by atoms with E-state index in [4.69, 9.17) is 0 Å². The summed E-state index contributed by atoms with van der Waals surface area (Å²) in [5.41, 5.74) is -0.196. The van der Waals surface area contributed by atoms with Crippen molar-refractivity contribution in [1.82, 2.24) is 5.32 Å². The molecule has 1 atom stereocenters. The van der Waals surface area contributed by atoms with Crippen LogP contribution in [0.15, 0.2) is 0 Å². The molecule has 0 saturated carbocycles. The third kappa shape index (κ3) is 1.48. The number of carbonyl (C=O) groups is 2. The third-order valence-corrected chi connectivity index (χ3v) is 2.34. The molecule has 0 aromatic carbocycles. The molecule has 0 spiro atoms. The standard InChI is InChI=1S/C8H13NO2/c1-8(2)6(3-4-9-8)7(11)5-10/h5-6,9H,3-4H2,1-2H3. The fourth-order valence-electron chi connectivity index (χ4n) is 1.60. The van der Waals surface area contributed by atoms with E-state index in [2.05, 4.69) is 5.32 Å². The van der Waals surface area contributed by atoms with Crippen LogP contribution in [0.2, 0.25) is 0 Å². The lowest BCUT2D eigenvalue weighted by atomic mass is 9.86. The summed E-state index contributed by atoms with van der Waals surface area (Å²) < 4.78 is 0. The fourth-order valence-corrected chi connectivity index (χ4v) is 1.60. The monoisotopic (exact) mass is 155 g/mol. The summed E-state index contributed by atoms with van der Waals surface area (Å²) in [7, 11) is 0. The Morgan fingerprint density at radius 3 is 2.64 bits per heavy atom. The largest absolute Gasteiger partial charge is 0.311 e. The minimum atomic E-state index is -0.278. The zero-order chi connectivity index (χ0) is 8.48. The average molecular weight is 155 g/mol. The van der Waals surface area contributed by atoms with E-state index in [0.29, 0.717) is 6.29 Å². The number of nitrogens with one attached hydrogen (secondary N) is 1. The normalized spacial score (nSPS) is 28.4. The number of carbonyl (C=O) groups excluding carboxylic acids is 2. The highest BCUT2D eigenvalue weighted by molar-refractivity contribution is 6.26. The molecule has 62 valence electrons. The number of ketones is 1. The van der Waals surface area contributed by atoms with Gasteiger partial charge in [-0.2, -0.15) is 0 Å². The predicted octanol–water partition coefficient (Wildman–Crippen LogP) is 0.142. The minimum absolute atomic E-state index is 0.125. The van der Waals surface area contributed by atoms with E-state index in [1.165, 1.54) is 0 Å². The van der Waals surface area contributed by atoms with Crippen molar-refractivity contribution in [3.8, 4) is 0 Å². The number of hydrogen-bond donors (Lipinski definition) is 1. The minimum Gasteiger partial charge on any atom is -0.311 e. The Bertz CT molecular complexity index is 187. The van der Waals surface area contributed by atoms with Crippen LogP contribution in [0.4, 0.5) is 0 Å². The van der Waals surface area contributed by atoms with Crippen molar-refractivity contribution in [1.29, 1.82) is 0 Å². The smallest absolute Gasteiger partial charge is 0.200 e. The van der Waals surface area contributed by atoms with Crippen molar-refractivity contribution in [2.24, 2.45) is 5.92 Å². The summed E-state index contributed by atoms with van der Waals surface area (Å²) in [5.74, 6) is -0.403. The van der Waals surface area contributed by atoms with Crippen molar-refractivity contribution in [2.75, 3.05) is 6.54 Å². The Labute approximate surface area is 66.2 Å². The fraction of sp³-hybridized carbons (Fsp3) is 0.750. The van der Waals surface area contributed by atoms with E-state index in [-0.39, 0.29) is 17.2 Å². The lowest BCUT2D eigenvalue weighted by molar-refractivity contribution is -0.133. The molecule has 0 radical (unpaired) electrons. The average Bonchev–Trinajstić information content (AvgIpc) is 2.28. The second-order valence-corrected chi connectivity index (χ2v) is 3.51. The second-order valence-electron chi connectivity index (χ2n) is 3.51. The van der Waals surface area contributed by atoms with Crippen molar-refractivity contribution >= 4 is 12.1 Å². The highest BCUT2D eigenvalue weighted by Gasteiger charge is 2.38. The maximum atomic E-state index is 11.0. The van der Waals surface area contributed by atoms with Gasteiger partial charge in [0.2, 0.25) is 0 Å². The van der Waals surface area contributed by atoms with E-state index in [1.54, 1.807) is 0 Å². The van der Waals surface area contributed by atoms with E-state index in [9.17, 15) is 9.59 Å². The Hall–Kier alpha value is -0.700. The van der Waals surface area contributed by atoms with Crippen LogP contribution < -0.4 is 5.32 Å². The molecule has 1 unspecified atom stereocenters. The van der Waals surface area contributed by atoms with E-state index >= 15 is 0 Å². The first kappa shape index (κ1) is 8.40. The summed E-state index contributed by atoms with van der Waals surface area (Å²) in [6, 6.07) is 0. The van der Waals surface area contributed by atoms with Crippen LogP contribution in [-0.4, -0.2) is 24.2 Å². The topological polar surface area (TPSA) is 46.2 Å². The zero-order valence-corrected chi connectivity index (χ0v) is 6.89. The van der Waals surface area contributed by atoms with Crippen LogP contribution in [0.3, 0.4) is 0 Å². The van der Waals surface area contributed by atoms with Crippen LogP contribution >= 0.6 is 0 Å². The van der Waals surface area contributed by atoms with Gasteiger partial charge in [0.15, 0.2) is 12.1 Å². The number of rotatable bonds is 2. The molecule has 1 rings (SSSR count). The molecule has 1 N–H and O–H groups in total. The molecule has 1 saturated heterocycles. The van der Waals surface area contributed by atoms with Gasteiger partial charge in [0.25, 0.3) is 0 Å². The molecule has 1 heterocycles. The van der Waals surface area contributed by atoms with Gasteiger partial charge in [-0.3, -0.25) is 9.59 Å².